The summed E-state index contributed by atoms with van der Waals surface area (Å²) in [7, 11) is 5.96. The highest BCUT2D eigenvalue weighted by Gasteiger charge is 2.15. The van der Waals surface area contributed by atoms with Crippen molar-refractivity contribution in [1.29, 1.82) is 0 Å². The minimum atomic E-state index is -1.26. The highest BCUT2D eigenvalue weighted by Crippen LogP contribution is 2.27. The zero-order valence-electron chi connectivity index (χ0n) is 29.6. The number of carboxylic acids is 2. The van der Waals surface area contributed by atoms with Gasteiger partial charge in [-0.2, -0.15) is 0 Å². The topological polar surface area (TPSA) is 189 Å². The molecular weight excluding hydrogens is 731 g/mol. The van der Waals surface area contributed by atoms with Crippen molar-refractivity contribution >= 4 is 48.4 Å². The fraction of sp³-hybridized carbons (Fsp3) is 0.289. The van der Waals surface area contributed by atoms with E-state index in [2.05, 4.69) is 47.5 Å². The van der Waals surface area contributed by atoms with Crippen molar-refractivity contribution in [2.45, 2.75) is 37.5 Å². The molecule has 2 unspecified atom stereocenters. The largest absolute Gasteiger partial charge is 0.508 e. The van der Waals surface area contributed by atoms with Gasteiger partial charge in [0.25, 0.3) is 0 Å². The average Bonchev–Trinajstić information content (AvgIpc) is 3.09. The number of nitrogens with zero attached hydrogens (tertiary/aromatic N) is 2. The second-order valence-corrected chi connectivity index (χ2v) is 11.8. The lowest BCUT2D eigenvalue weighted by Gasteiger charge is -2.19. The third-order valence-corrected chi connectivity index (χ3v) is 7.09. The standard InChI is InChI=1S/C16H19ClN2.C9H13NO2.C9H13NO.C4H4O4.2ClH/c1-19(2)12-10-15(16-5-3-4-11-18-16)13-6-8-14(17)9-7-13;1-10-6-9(12)7-3-2-4-8(11)5-7;1-7(10)9(11)8-5-3-2-4-6-8;5-3(6)1-2-4(7)8;;/h3-9,11,15H,10,12H2,1-2H3;2-5,9-12H,6H2,1H3;2-7,9,11H,10H2,1H3;1-2H,(H,5,6)(H,7,8);2*1H/b;;;2-1-;;/t;9-;7-,9?;;;/m.01.../s1. The van der Waals surface area contributed by atoms with Gasteiger partial charge in [0.1, 0.15) is 5.75 Å². The molecule has 286 valence electrons. The lowest BCUT2D eigenvalue weighted by molar-refractivity contribution is -0.134. The minimum Gasteiger partial charge on any atom is -0.508 e. The van der Waals surface area contributed by atoms with E-state index in [0.29, 0.717) is 24.6 Å². The summed E-state index contributed by atoms with van der Waals surface area (Å²) < 4.78 is 0. The van der Waals surface area contributed by atoms with E-state index in [1.807, 2.05) is 60.8 Å². The van der Waals surface area contributed by atoms with Crippen LogP contribution in [0.1, 0.15) is 53.9 Å². The molecule has 0 fully saturated rings. The molecule has 4 rings (SSSR count). The van der Waals surface area contributed by atoms with E-state index in [9.17, 15) is 19.8 Å². The first-order valence-corrected chi connectivity index (χ1v) is 16.2. The lowest BCUT2D eigenvalue weighted by atomic mass is 9.92. The van der Waals surface area contributed by atoms with Crippen molar-refractivity contribution in [3.8, 4) is 5.75 Å². The van der Waals surface area contributed by atoms with Crippen LogP contribution in [-0.2, 0) is 9.59 Å². The highest BCUT2D eigenvalue weighted by molar-refractivity contribution is 6.30. The predicted octanol–water partition coefficient (Wildman–Crippen LogP) is 6.09. The summed E-state index contributed by atoms with van der Waals surface area (Å²) in [5.74, 6) is -2.01. The van der Waals surface area contributed by atoms with Crippen LogP contribution in [0.25, 0.3) is 0 Å². The molecule has 0 aliphatic heterocycles. The Morgan fingerprint density at radius 2 is 1.40 bits per heavy atom. The van der Waals surface area contributed by atoms with Crippen LogP contribution in [0.5, 0.6) is 5.75 Å². The molecule has 4 aromatic rings. The van der Waals surface area contributed by atoms with Gasteiger partial charge in [-0.3, -0.25) is 4.98 Å². The Morgan fingerprint density at radius 3 is 1.87 bits per heavy atom. The summed E-state index contributed by atoms with van der Waals surface area (Å²) in [6, 6.07) is 30.0. The van der Waals surface area contributed by atoms with Crippen molar-refractivity contribution in [2.75, 3.05) is 34.2 Å². The predicted molar refractivity (Wildman–Crippen MR) is 212 cm³/mol. The first-order chi connectivity index (χ1) is 23.7. The number of rotatable bonds is 12. The van der Waals surface area contributed by atoms with Gasteiger partial charge >= 0.3 is 11.9 Å². The number of phenolic OH excluding ortho intramolecular Hbond substituents is 1. The minimum absolute atomic E-state index is 0. The molecule has 0 saturated carbocycles. The Hall–Kier alpha value is -4.04. The van der Waals surface area contributed by atoms with E-state index in [1.54, 1.807) is 38.2 Å². The van der Waals surface area contributed by atoms with E-state index in [1.165, 1.54) is 5.56 Å². The molecule has 52 heavy (non-hydrogen) atoms. The second-order valence-electron chi connectivity index (χ2n) is 11.3. The summed E-state index contributed by atoms with van der Waals surface area (Å²) in [4.78, 5) is 25.8. The molecule has 0 aliphatic rings. The number of phenols is 1. The van der Waals surface area contributed by atoms with Gasteiger partial charge in [-0.25, -0.2) is 9.59 Å². The number of nitrogens with two attached hydrogens (primary N) is 1. The summed E-state index contributed by atoms with van der Waals surface area (Å²) in [6.45, 7) is 3.31. The summed E-state index contributed by atoms with van der Waals surface area (Å²) in [5.41, 5.74) is 9.51. The summed E-state index contributed by atoms with van der Waals surface area (Å²) in [5, 5.41) is 47.3. The molecule has 0 saturated heterocycles. The number of aliphatic carboxylic acids is 2. The molecule has 1 aromatic heterocycles. The monoisotopic (exact) mass is 780 g/mol. The van der Waals surface area contributed by atoms with Crippen LogP contribution >= 0.6 is 36.4 Å². The highest BCUT2D eigenvalue weighted by atomic mass is 35.5. The molecule has 0 amide bonds. The van der Waals surface area contributed by atoms with Crippen LogP contribution in [-0.4, -0.2) is 87.6 Å². The first kappa shape index (κ1) is 50.1. The van der Waals surface area contributed by atoms with Gasteiger partial charge in [-0.15, -0.1) is 24.8 Å². The van der Waals surface area contributed by atoms with Crippen LogP contribution in [0.2, 0.25) is 5.02 Å². The fourth-order valence-electron chi connectivity index (χ4n) is 4.29. The number of aliphatic hydroxyl groups is 2. The van der Waals surface area contributed by atoms with Crippen molar-refractivity contribution in [1.82, 2.24) is 15.2 Å². The molecular formula is C38H51Cl3N4O7. The van der Waals surface area contributed by atoms with Gasteiger partial charge in [0, 0.05) is 47.6 Å². The summed E-state index contributed by atoms with van der Waals surface area (Å²) >= 11 is 5.97. The number of pyridine rings is 1. The Balaban J connectivity index is 0. The number of aromatic hydroxyl groups is 1. The van der Waals surface area contributed by atoms with E-state index in [4.69, 9.17) is 32.7 Å². The number of aliphatic hydroxyl groups excluding tert-OH is 2. The number of carboxylic acid groups (broad SMARTS) is 2. The Kier molecular flexibility index (Phi) is 27.5. The third-order valence-electron chi connectivity index (χ3n) is 6.84. The maximum Gasteiger partial charge on any atom is 0.328 e. The van der Waals surface area contributed by atoms with E-state index < -0.39 is 24.1 Å². The van der Waals surface area contributed by atoms with E-state index >= 15 is 0 Å². The van der Waals surface area contributed by atoms with Crippen LogP contribution in [0.15, 0.2) is 115 Å². The number of nitrogens with one attached hydrogen (secondary N) is 1. The molecule has 0 aliphatic carbocycles. The lowest BCUT2D eigenvalue weighted by Crippen LogP contribution is -2.24. The number of hydrogen-bond acceptors (Lipinski definition) is 9. The number of carbonyl (C=O) groups is 2. The molecule has 14 heteroatoms. The van der Waals surface area contributed by atoms with Crippen molar-refractivity contribution in [2.24, 2.45) is 5.73 Å². The maximum absolute atomic E-state index is 9.55. The number of benzene rings is 3. The van der Waals surface area contributed by atoms with Crippen molar-refractivity contribution in [3.05, 3.63) is 143 Å². The number of halogens is 3. The maximum atomic E-state index is 9.55. The number of likely N-dealkylation sites (N-methyl/N-ethyl adjacent to an activating group) is 1. The van der Waals surface area contributed by atoms with Crippen LogP contribution in [0.3, 0.4) is 0 Å². The Labute approximate surface area is 323 Å². The molecule has 3 aromatic carbocycles. The fourth-order valence-corrected chi connectivity index (χ4v) is 4.42. The average molecular weight is 782 g/mol. The normalized spacial score (nSPS) is 12.4. The van der Waals surface area contributed by atoms with Gasteiger partial charge in [-0.1, -0.05) is 72.3 Å². The Bertz CT molecular complexity index is 1530. The molecule has 0 spiro atoms. The molecule has 4 atom stereocenters. The van der Waals surface area contributed by atoms with Gasteiger partial charge in [0.05, 0.1) is 12.2 Å². The van der Waals surface area contributed by atoms with E-state index in [0.717, 1.165) is 34.8 Å². The Morgan fingerprint density at radius 1 is 0.846 bits per heavy atom. The van der Waals surface area contributed by atoms with E-state index in [-0.39, 0.29) is 36.6 Å². The van der Waals surface area contributed by atoms with Crippen LogP contribution in [0.4, 0.5) is 0 Å². The zero-order chi connectivity index (χ0) is 37.5. The van der Waals surface area contributed by atoms with Gasteiger partial charge in [0.2, 0.25) is 0 Å². The molecule has 0 radical (unpaired) electrons. The third kappa shape index (κ3) is 22.0. The first-order valence-electron chi connectivity index (χ1n) is 15.8. The van der Waals surface area contributed by atoms with Gasteiger partial charge in [0.15, 0.2) is 0 Å². The number of aromatic nitrogens is 1. The van der Waals surface area contributed by atoms with Gasteiger partial charge in [-0.05, 0) is 94.1 Å². The van der Waals surface area contributed by atoms with Crippen molar-refractivity contribution in [3.63, 3.8) is 0 Å². The SMILES string of the molecule is CN(C)CCC(c1ccc(Cl)cc1)c1ccccn1.CNC[C@H](O)c1cccc(O)c1.C[C@@H](N)C(O)c1ccccc1.Cl.Cl.O=C(O)/C=C\C(=O)O. The molecule has 8 N–H and O–H groups in total. The molecule has 11 nitrogen and oxygen atoms in total. The summed E-state index contributed by atoms with van der Waals surface area (Å²) in [6.07, 6.45) is 2.92. The molecule has 0 bridgehead atoms. The molecule has 1 heterocycles. The smallest absolute Gasteiger partial charge is 0.328 e. The van der Waals surface area contributed by atoms with Crippen LogP contribution in [0, 0.1) is 0 Å². The number of hydrogen-bond donors (Lipinski definition) is 7. The van der Waals surface area contributed by atoms with Crippen molar-refractivity contribution < 1.29 is 35.1 Å². The van der Waals surface area contributed by atoms with Gasteiger partial charge < -0.3 is 41.5 Å². The quantitative estimate of drug-likeness (QED) is 0.0825. The van der Waals surface area contributed by atoms with Crippen LogP contribution < -0.4 is 11.1 Å². The second kappa shape index (κ2) is 28.5. The zero-order valence-corrected chi connectivity index (χ0v) is 32.0.